The summed E-state index contributed by atoms with van der Waals surface area (Å²) in [7, 11) is 0. The molecule has 4 heteroatoms. The van der Waals surface area contributed by atoms with Crippen LogP contribution in [0.25, 0.3) is 0 Å². The van der Waals surface area contributed by atoms with Crippen molar-refractivity contribution < 1.29 is 9.59 Å². The molecule has 86 valence electrons. The van der Waals surface area contributed by atoms with E-state index in [9.17, 15) is 9.59 Å². The number of hydrogen-bond acceptors (Lipinski definition) is 2. The predicted octanol–water partition coefficient (Wildman–Crippen LogP) is 0.934. The fourth-order valence-corrected chi connectivity index (χ4v) is 1.72. The van der Waals surface area contributed by atoms with Crippen LogP contribution in [0.15, 0.2) is 18.2 Å². The highest BCUT2D eigenvalue weighted by Crippen LogP contribution is 2.23. The van der Waals surface area contributed by atoms with Gasteiger partial charge < -0.3 is 10.6 Å². The van der Waals surface area contributed by atoms with Crippen LogP contribution in [-0.2, 0) is 11.2 Å². The SMILES string of the molecule is C#CCCNC(=O)c1ccc2c(c1)CC(=O)N2. The van der Waals surface area contributed by atoms with Crippen LogP contribution in [0.5, 0.6) is 0 Å². The van der Waals surface area contributed by atoms with Gasteiger partial charge >= 0.3 is 0 Å². The second kappa shape index (κ2) is 4.71. The van der Waals surface area contributed by atoms with E-state index in [-0.39, 0.29) is 11.8 Å². The summed E-state index contributed by atoms with van der Waals surface area (Å²) in [6.45, 7) is 0.462. The second-order valence-electron chi connectivity index (χ2n) is 3.81. The number of amides is 2. The Morgan fingerprint density at radius 3 is 3.12 bits per heavy atom. The molecule has 0 fully saturated rings. The molecule has 1 aliphatic rings. The molecule has 17 heavy (non-hydrogen) atoms. The average Bonchev–Trinajstić information content (AvgIpc) is 2.68. The Morgan fingerprint density at radius 1 is 1.53 bits per heavy atom. The van der Waals surface area contributed by atoms with Crippen molar-refractivity contribution in [1.29, 1.82) is 0 Å². The molecule has 1 aliphatic heterocycles. The highest BCUT2D eigenvalue weighted by Gasteiger charge is 2.18. The minimum absolute atomic E-state index is 0.0371. The van der Waals surface area contributed by atoms with Crippen LogP contribution in [0.3, 0.4) is 0 Å². The summed E-state index contributed by atoms with van der Waals surface area (Å²) >= 11 is 0. The first-order valence-electron chi connectivity index (χ1n) is 5.35. The van der Waals surface area contributed by atoms with Crippen molar-refractivity contribution in [3.63, 3.8) is 0 Å². The standard InChI is InChI=1S/C13H12N2O2/c1-2-3-6-14-13(17)9-4-5-11-10(7-9)8-12(16)15-11/h1,4-5,7H,3,6,8H2,(H,14,17)(H,15,16). The summed E-state index contributed by atoms with van der Waals surface area (Å²) in [6.07, 6.45) is 5.94. The van der Waals surface area contributed by atoms with E-state index in [0.717, 1.165) is 11.3 Å². The molecule has 0 bridgehead atoms. The molecule has 1 aromatic rings. The number of rotatable bonds is 3. The Kier molecular flexibility index (Phi) is 3.10. The van der Waals surface area contributed by atoms with E-state index >= 15 is 0 Å². The molecule has 2 rings (SSSR count). The summed E-state index contributed by atoms with van der Waals surface area (Å²) in [6, 6.07) is 5.17. The molecule has 2 amide bonds. The fraction of sp³-hybridized carbons (Fsp3) is 0.231. The zero-order chi connectivity index (χ0) is 12.3. The minimum atomic E-state index is -0.164. The van der Waals surface area contributed by atoms with Gasteiger partial charge in [0.15, 0.2) is 0 Å². The Balaban J connectivity index is 2.08. The first-order valence-corrected chi connectivity index (χ1v) is 5.35. The predicted molar refractivity (Wildman–Crippen MR) is 64.6 cm³/mol. The first-order chi connectivity index (χ1) is 8.20. The Hall–Kier alpha value is -2.28. The Labute approximate surface area is 99.4 Å². The zero-order valence-corrected chi connectivity index (χ0v) is 9.25. The van der Waals surface area contributed by atoms with Gasteiger partial charge in [-0.1, -0.05) is 0 Å². The van der Waals surface area contributed by atoms with E-state index in [4.69, 9.17) is 6.42 Å². The molecule has 0 atom stereocenters. The molecule has 2 N–H and O–H groups in total. The smallest absolute Gasteiger partial charge is 0.251 e. The second-order valence-corrected chi connectivity index (χ2v) is 3.81. The first kappa shape index (κ1) is 11.2. The van der Waals surface area contributed by atoms with Crippen molar-refractivity contribution in [2.75, 3.05) is 11.9 Å². The summed E-state index contributed by atoms with van der Waals surface area (Å²) in [5, 5.41) is 5.43. The van der Waals surface area contributed by atoms with Gasteiger partial charge in [-0.3, -0.25) is 9.59 Å². The van der Waals surface area contributed by atoms with E-state index < -0.39 is 0 Å². The van der Waals surface area contributed by atoms with Gasteiger partial charge in [-0.05, 0) is 23.8 Å². The van der Waals surface area contributed by atoms with Gasteiger partial charge in [-0.15, -0.1) is 12.3 Å². The van der Waals surface area contributed by atoms with Crippen LogP contribution in [0.1, 0.15) is 22.3 Å². The average molecular weight is 228 g/mol. The topological polar surface area (TPSA) is 58.2 Å². The van der Waals surface area contributed by atoms with Crippen molar-refractivity contribution in [3.8, 4) is 12.3 Å². The molecule has 4 nitrogen and oxygen atoms in total. The zero-order valence-electron chi connectivity index (χ0n) is 9.25. The molecule has 1 heterocycles. The van der Waals surface area contributed by atoms with E-state index in [1.165, 1.54) is 0 Å². The lowest BCUT2D eigenvalue weighted by Crippen LogP contribution is -2.24. The van der Waals surface area contributed by atoms with Crippen LogP contribution >= 0.6 is 0 Å². The lowest BCUT2D eigenvalue weighted by atomic mass is 10.1. The van der Waals surface area contributed by atoms with E-state index in [1.807, 2.05) is 0 Å². The van der Waals surface area contributed by atoms with E-state index in [0.29, 0.717) is 24.9 Å². The van der Waals surface area contributed by atoms with Gasteiger partial charge in [0, 0.05) is 24.2 Å². The monoisotopic (exact) mass is 228 g/mol. The van der Waals surface area contributed by atoms with Crippen molar-refractivity contribution in [2.45, 2.75) is 12.8 Å². The van der Waals surface area contributed by atoms with Crippen LogP contribution in [0.4, 0.5) is 5.69 Å². The van der Waals surface area contributed by atoms with Gasteiger partial charge in [-0.25, -0.2) is 0 Å². The highest BCUT2D eigenvalue weighted by molar-refractivity contribution is 6.01. The van der Waals surface area contributed by atoms with Crippen LogP contribution in [-0.4, -0.2) is 18.4 Å². The number of fused-ring (bicyclic) bond motifs is 1. The van der Waals surface area contributed by atoms with Crippen molar-refractivity contribution in [1.82, 2.24) is 5.32 Å². The lowest BCUT2D eigenvalue weighted by Gasteiger charge is -2.05. The van der Waals surface area contributed by atoms with Gasteiger partial charge in [0.05, 0.1) is 6.42 Å². The van der Waals surface area contributed by atoms with E-state index in [2.05, 4.69) is 16.6 Å². The molecule has 0 saturated carbocycles. The van der Waals surface area contributed by atoms with Crippen LogP contribution in [0, 0.1) is 12.3 Å². The fourth-order valence-electron chi connectivity index (χ4n) is 1.72. The van der Waals surface area contributed by atoms with Crippen molar-refractivity contribution >= 4 is 17.5 Å². The molecular weight excluding hydrogens is 216 g/mol. The number of hydrogen-bond donors (Lipinski definition) is 2. The Bertz CT molecular complexity index is 515. The van der Waals surface area contributed by atoms with Crippen LogP contribution < -0.4 is 10.6 Å². The maximum atomic E-state index is 11.7. The molecule has 0 unspecified atom stereocenters. The summed E-state index contributed by atoms with van der Waals surface area (Å²) in [5.74, 6) is 2.25. The van der Waals surface area contributed by atoms with E-state index in [1.54, 1.807) is 18.2 Å². The van der Waals surface area contributed by atoms with Crippen LogP contribution in [0.2, 0.25) is 0 Å². The Morgan fingerprint density at radius 2 is 2.35 bits per heavy atom. The molecule has 0 aliphatic carbocycles. The van der Waals surface area contributed by atoms with Gasteiger partial charge in [0.1, 0.15) is 0 Å². The summed E-state index contributed by atoms with van der Waals surface area (Å²) < 4.78 is 0. The quantitative estimate of drug-likeness (QED) is 0.597. The molecule has 0 aromatic heterocycles. The summed E-state index contributed by atoms with van der Waals surface area (Å²) in [5.41, 5.74) is 2.20. The number of anilines is 1. The molecule has 1 aromatic carbocycles. The number of carbonyl (C=O) groups excluding carboxylic acids is 2. The largest absolute Gasteiger partial charge is 0.351 e. The third-order valence-corrected chi connectivity index (χ3v) is 2.55. The maximum Gasteiger partial charge on any atom is 0.251 e. The van der Waals surface area contributed by atoms with Gasteiger partial charge in [-0.2, -0.15) is 0 Å². The highest BCUT2D eigenvalue weighted by atomic mass is 16.2. The molecule has 0 spiro atoms. The molecular formula is C13H12N2O2. The number of nitrogens with one attached hydrogen (secondary N) is 2. The van der Waals surface area contributed by atoms with Gasteiger partial charge in [0.2, 0.25) is 5.91 Å². The maximum absolute atomic E-state index is 11.7. The third kappa shape index (κ3) is 2.45. The summed E-state index contributed by atoms with van der Waals surface area (Å²) in [4.78, 5) is 22.9. The molecule has 0 saturated heterocycles. The number of benzene rings is 1. The van der Waals surface area contributed by atoms with Crippen molar-refractivity contribution in [2.24, 2.45) is 0 Å². The minimum Gasteiger partial charge on any atom is -0.351 e. The number of carbonyl (C=O) groups is 2. The normalized spacial score (nSPS) is 12.5. The van der Waals surface area contributed by atoms with Crippen molar-refractivity contribution in [3.05, 3.63) is 29.3 Å². The number of terminal acetylenes is 1. The van der Waals surface area contributed by atoms with Gasteiger partial charge in [0.25, 0.3) is 5.91 Å². The third-order valence-electron chi connectivity index (χ3n) is 2.55. The lowest BCUT2D eigenvalue weighted by molar-refractivity contribution is -0.115. The molecule has 0 radical (unpaired) electrons.